The molecule has 0 aliphatic heterocycles. The van der Waals surface area contributed by atoms with Gasteiger partial charge in [0.25, 0.3) is 0 Å². The van der Waals surface area contributed by atoms with Gasteiger partial charge in [-0.25, -0.2) is 4.98 Å². The first-order chi connectivity index (χ1) is 9.24. The number of benzene rings is 1. The van der Waals surface area contributed by atoms with Crippen LogP contribution in [0, 0.1) is 0 Å². The number of rotatable bonds is 7. The summed E-state index contributed by atoms with van der Waals surface area (Å²) in [4.78, 5) is 7.10. The summed E-state index contributed by atoms with van der Waals surface area (Å²) in [5, 5.41) is 12.7. The zero-order chi connectivity index (χ0) is 13.5. The highest BCUT2D eigenvalue weighted by molar-refractivity contribution is 5.25. The molecule has 1 atom stereocenters. The molecule has 1 aromatic carbocycles. The zero-order valence-corrected chi connectivity index (χ0v) is 11.3. The summed E-state index contributed by atoms with van der Waals surface area (Å²) in [7, 11) is 0. The molecular weight excluding hydrogens is 238 g/mol. The van der Waals surface area contributed by atoms with Crippen LogP contribution in [0.25, 0.3) is 0 Å². The number of nitrogens with one attached hydrogen (secondary N) is 2. The van der Waals surface area contributed by atoms with E-state index in [1.807, 2.05) is 18.3 Å². The van der Waals surface area contributed by atoms with Gasteiger partial charge in [-0.3, -0.25) is 0 Å². The van der Waals surface area contributed by atoms with Gasteiger partial charge in [0.15, 0.2) is 0 Å². The van der Waals surface area contributed by atoms with Gasteiger partial charge in [-0.15, -0.1) is 0 Å². The zero-order valence-electron chi connectivity index (χ0n) is 11.3. The number of hydrogen-bond donors (Lipinski definition) is 3. The topological polar surface area (TPSA) is 60.9 Å². The molecule has 0 spiro atoms. The van der Waals surface area contributed by atoms with Gasteiger partial charge in [-0.1, -0.05) is 12.1 Å². The maximum absolute atomic E-state index is 9.22. The molecular formula is C15H21N3O. The second kappa shape index (κ2) is 6.95. The number of aromatic amines is 1. The maximum atomic E-state index is 9.22. The molecule has 0 radical (unpaired) electrons. The van der Waals surface area contributed by atoms with Crippen molar-refractivity contribution in [3.8, 4) is 5.75 Å². The Morgan fingerprint density at radius 2 is 2.05 bits per heavy atom. The molecule has 2 rings (SSSR count). The van der Waals surface area contributed by atoms with Crippen LogP contribution in [0.4, 0.5) is 0 Å². The molecule has 1 aromatic heterocycles. The minimum atomic E-state index is 0.328. The average molecular weight is 259 g/mol. The minimum absolute atomic E-state index is 0.328. The Bertz CT molecular complexity index is 465. The summed E-state index contributed by atoms with van der Waals surface area (Å²) in [6.45, 7) is 3.16. The number of aromatic nitrogens is 2. The van der Waals surface area contributed by atoms with Crippen molar-refractivity contribution in [3.05, 3.63) is 48.0 Å². The van der Waals surface area contributed by atoms with E-state index in [-0.39, 0.29) is 0 Å². The summed E-state index contributed by atoms with van der Waals surface area (Å²) < 4.78 is 0. The average Bonchev–Trinajstić information content (AvgIpc) is 2.91. The van der Waals surface area contributed by atoms with Gasteiger partial charge in [0.2, 0.25) is 0 Å². The van der Waals surface area contributed by atoms with E-state index in [0.717, 1.165) is 25.8 Å². The van der Waals surface area contributed by atoms with E-state index in [2.05, 4.69) is 22.2 Å². The number of hydrogen-bond acceptors (Lipinski definition) is 3. The standard InChI is InChI=1S/C15H21N3O/c1-12(17-9-8-14-10-16-11-18-14)2-3-13-4-6-15(19)7-5-13/h4-7,10-12,17,19H,2-3,8-9H2,1H3,(H,16,18)/t12-/m0/s1. The number of aromatic hydroxyl groups is 1. The lowest BCUT2D eigenvalue weighted by atomic mass is 10.1. The highest BCUT2D eigenvalue weighted by Crippen LogP contribution is 2.11. The third-order valence-corrected chi connectivity index (χ3v) is 3.24. The molecule has 0 aliphatic carbocycles. The van der Waals surface area contributed by atoms with Gasteiger partial charge in [0.05, 0.1) is 6.33 Å². The van der Waals surface area contributed by atoms with Crippen LogP contribution in [-0.2, 0) is 12.8 Å². The molecule has 4 heteroatoms. The quantitative estimate of drug-likeness (QED) is 0.715. The fourth-order valence-corrected chi connectivity index (χ4v) is 2.02. The van der Waals surface area contributed by atoms with E-state index >= 15 is 0 Å². The largest absolute Gasteiger partial charge is 0.508 e. The number of phenolic OH excluding ortho intramolecular Hbond substituents is 1. The molecule has 19 heavy (non-hydrogen) atoms. The van der Waals surface area contributed by atoms with Crippen molar-refractivity contribution in [1.29, 1.82) is 0 Å². The molecule has 4 nitrogen and oxygen atoms in total. The van der Waals surface area contributed by atoms with Crippen molar-refractivity contribution >= 4 is 0 Å². The molecule has 1 heterocycles. The number of aryl methyl sites for hydroxylation is 1. The summed E-state index contributed by atoms with van der Waals surface area (Å²) in [6.07, 6.45) is 6.67. The van der Waals surface area contributed by atoms with Gasteiger partial charge < -0.3 is 15.4 Å². The molecule has 0 amide bonds. The monoisotopic (exact) mass is 259 g/mol. The Balaban J connectivity index is 1.64. The van der Waals surface area contributed by atoms with Crippen LogP contribution in [0.15, 0.2) is 36.8 Å². The number of nitrogens with zero attached hydrogens (tertiary/aromatic N) is 1. The first kappa shape index (κ1) is 13.6. The highest BCUT2D eigenvalue weighted by Gasteiger charge is 2.02. The summed E-state index contributed by atoms with van der Waals surface area (Å²) >= 11 is 0. The van der Waals surface area contributed by atoms with Crippen LogP contribution >= 0.6 is 0 Å². The van der Waals surface area contributed by atoms with Crippen molar-refractivity contribution in [3.63, 3.8) is 0 Å². The number of H-pyrrole nitrogens is 1. The molecule has 2 aromatic rings. The van der Waals surface area contributed by atoms with E-state index < -0.39 is 0 Å². The molecule has 3 N–H and O–H groups in total. The Kier molecular flexibility index (Phi) is 4.98. The highest BCUT2D eigenvalue weighted by atomic mass is 16.3. The molecule has 0 saturated heterocycles. The Hall–Kier alpha value is -1.81. The lowest BCUT2D eigenvalue weighted by Gasteiger charge is -2.13. The first-order valence-electron chi connectivity index (χ1n) is 6.72. The van der Waals surface area contributed by atoms with Crippen molar-refractivity contribution in [2.45, 2.75) is 32.2 Å². The smallest absolute Gasteiger partial charge is 0.115 e. The Morgan fingerprint density at radius 3 is 2.74 bits per heavy atom. The van der Waals surface area contributed by atoms with Crippen LogP contribution in [0.5, 0.6) is 5.75 Å². The lowest BCUT2D eigenvalue weighted by Crippen LogP contribution is -2.28. The molecule has 0 fully saturated rings. The molecule has 0 saturated carbocycles. The van der Waals surface area contributed by atoms with Gasteiger partial charge in [-0.2, -0.15) is 0 Å². The van der Waals surface area contributed by atoms with Crippen LogP contribution < -0.4 is 5.32 Å². The van der Waals surface area contributed by atoms with Gasteiger partial charge in [0.1, 0.15) is 5.75 Å². The van der Waals surface area contributed by atoms with Crippen molar-refractivity contribution < 1.29 is 5.11 Å². The predicted molar refractivity (Wildman–Crippen MR) is 76.2 cm³/mol. The van der Waals surface area contributed by atoms with E-state index in [0.29, 0.717) is 11.8 Å². The normalized spacial score (nSPS) is 12.5. The van der Waals surface area contributed by atoms with Gasteiger partial charge in [-0.05, 0) is 37.5 Å². The fraction of sp³-hybridized carbons (Fsp3) is 0.400. The molecule has 0 bridgehead atoms. The van der Waals surface area contributed by atoms with Gasteiger partial charge >= 0.3 is 0 Å². The summed E-state index contributed by atoms with van der Waals surface area (Å²) in [5.74, 6) is 0.328. The summed E-state index contributed by atoms with van der Waals surface area (Å²) in [5.41, 5.74) is 2.43. The molecule has 0 unspecified atom stereocenters. The van der Waals surface area contributed by atoms with Crippen LogP contribution in [0.3, 0.4) is 0 Å². The third-order valence-electron chi connectivity index (χ3n) is 3.24. The maximum Gasteiger partial charge on any atom is 0.115 e. The minimum Gasteiger partial charge on any atom is -0.508 e. The lowest BCUT2D eigenvalue weighted by molar-refractivity contribution is 0.474. The first-order valence-corrected chi connectivity index (χ1v) is 6.72. The van der Waals surface area contributed by atoms with E-state index in [4.69, 9.17) is 0 Å². The van der Waals surface area contributed by atoms with Crippen LogP contribution in [0.1, 0.15) is 24.6 Å². The SMILES string of the molecule is C[C@@H](CCc1ccc(O)cc1)NCCc1cnc[nH]1. The second-order valence-electron chi connectivity index (χ2n) is 4.89. The Labute approximate surface area is 113 Å². The van der Waals surface area contributed by atoms with E-state index in [9.17, 15) is 5.11 Å². The number of imidazole rings is 1. The second-order valence-corrected chi connectivity index (χ2v) is 4.89. The van der Waals surface area contributed by atoms with Crippen molar-refractivity contribution in [1.82, 2.24) is 15.3 Å². The van der Waals surface area contributed by atoms with E-state index in [1.165, 1.54) is 11.3 Å². The predicted octanol–water partition coefficient (Wildman–Crippen LogP) is 2.27. The molecule has 0 aliphatic rings. The number of phenols is 1. The summed E-state index contributed by atoms with van der Waals surface area (Å²) in [6, 6.07) is 7.92. The molecule has 102 valence electrons. The van der Waals surface area contributed by atoms with Crippen LogP contribution in [0.2, 0.25) is 0 Å². The van der Waals surface area contributed by atoms with Crippen LogP contribution in [-0.4, -0.2) is 27.7 Å². The fourth-order valence-electron chi connectivity index (χ4n) is 2.02. The van der Waals surface area contributed by atoms with Crippen molar-refractivity contribution in [2.75, 3.05) is 6.54 Å². The van der Waals surface area contributed by atoms with Crippen molar-refractivity contribution in [2.24, 2.45) is 0 Å². The Morgan fingerprint density at radius 1 is 1.26 bits per heavy atom. The van der Waals surface area contributed by atoms with E-state index in [1.54, 1.807) is 18.5 Å². The third kappa shape index (κ3) is 4.75. The van der Waals surface area contributed by atoms with Gasteiger partial charge in [0, 0.05) is 30.9 Å².